The monoisotopic (exact) mass is 242 g/mol. The Labute approximate surface area is 100.0 Å². The number of hydrogen-bond acceptors (Lipinski definition) is 3. The first kappa shape index (κ1) is 13.5. The molecule has 0 aromatic rings. The van der Waals surface area contributed by atoms with Gasteiger partial charge in [-0.15, -0.1) is 0 Å². The number of nitrogens with one attached hydrogen (secondary N) is 1. The first-order valence-corrected chi connectivity index (χ1v) is 5.71. The SMILES string of the molecule is CCN(CCC(=O)O)C(=O)C1(C(=O)NC)CC1. The molecule has 0 unspecified atom stereocenters. The fourth-order valence-corrected chi connectivity index (χ4v) is 1.84. The second-order valence-electron chi connectivity index (χ2n) is 4.19. The third-order valence-electron chi connectivity index (χ3n) is 3.09. The second-order valence-corrected chi connectivity index (χ2v) is 4.19. The normalized spacial score (nSPS) is 16.1. The molecule has 6 heteroatoms. The maximum atomic E-state index is 12.1. The van der Waals surface area contributed by atoms with E-state index in [2.05, 4.69) is 5.32 Å². The minimum atomic E-state index is -0.943. The Morgan fingerprint density at radius 2 is 1.94 bits per heavy atom. The summed E-state index contributed by atoms with van der Waals surface area (Å²) >= 11 is 0. The highest BCUT2D eigenvalue weighted by Gasteiger charge is 2.57. The van der Waals surface area contributed by atoms with E-state index in [1.807, 2.05) is 0 Å². The maximum Gasteiger partial charge on any atom is 0.305 e. The number of aliphatic carboxylic acids is 1. The van der Waals surface area contributed by atoms with Gasteiger partial charge in [-0.25, -0.2) is 0 Å². The van der Waals surface area contributed by atoms with Gasteiger partial charge >= 0.3 is 5.97 Å². The molecule has 0 aromatic heterocycles. The number of hydrogen-bond donors (Lipinski definition) is 2. The van der Waals surface area contributed by atoms with Crippen molar-refractivity contribution in [2.45, 2.75) is 26.2 Å². The Balaban J connectivity index is 2.66. The van der Waals surface area contributed by atoms with Crippen molar-refractivity contribution < 1.29 is 19.5 Å². The standard InChI is InChI=1S/C11H18N2O4/c1-3-13(7-4-8(14)15)10(17)11(5-6-11)9(16)12-2/h3-7H2,1-2H3,(H,12,16)(H,14,15). The van der Waals surface area contributed by atoms with Crippen LogP contribution in [0.5, 0.6) is 0 Å². The molecule has 0 radical (unpaired) electrons. The summed E-state index contributed by atoms with van der Waals surface area (Å²) < 4.78 is 0. The van der Waals surface area contributed by atoms with Crippen LogP contribution in [0.15, 0.2) is 0 Å². The largest absolute Gasteiger partial charge is 0.481 e. The molecule has 2 amide bonds. The van der Waals surface area contributed by atoms with Gasteiger partial charge in [0.25, 0.3) is 0 Å². The van der Waals surface area contributed by atoms with Crippen LogP contribution in [0.4, 0.5) is 0 Å². The molecule has 17 heavy (non-hydrogen) atoms. The van der Waals surface area contributed by atoms with Gasteiger partial charge in [-0.1, -0.05) is 0 Å². The predicted octanol–water partition coefficient (Wildman–Crippen LogP) is -0.164. The maximum absolute atomic E-state index is 12.1. The number of rotatable bonds is 6. The minimum absolute atomic E-state index is 0.0938. The van der Waals surface area contributed by atoms with Gasteiger partial charge in [-0.05, 0) is 19.8 Å². The summed E-state index contributed by atoms with van der Waals surface area (Å²) in [5.41, 5.74) is -0.927. The summed E-state index contributed by atoms with van der Waals surface area (Å²) in [6.07, 6.45) is 1.01. The van der Waals surface area contributed by atoms with Crippen LogP contribution in [0.3, 0.4) is 0 Å². The van der Waals surface area contributed by atoms with Crippen molar-refractivity contribution >= 4 is 17.8 Å². The second kappa shape index (κ2) is 5.16. The summed E-state index contributed by atoms with van der Waals surface area (Å²) in [5.74, 6) is -1.46. The highest BCUT2D eigenvalue weighted by atomic mass is 16.4. The van der Waals surface area contributed by atoms with Crippen LogP contribution in [-0.2, 0) is 14.4 Å². The summed E-state index contributed by atoms with van der Waals surface area (Å²) in [4.78, 5) is 35.7. The average molecular weight is 242 g/mol. The number of carbonyl (C=O) groups is 3. The zero-order valence-corrected chi connectivity index (χ0v) is 10.2. The molecule has 1 rings (SSSR count). The lowest BCUT2D eigenvalue weighted by atomic mass is 10.0. The number of amides is 2. The van der Waals surface area contributed by atoms with E-state index >= 15 is 0 Å². The molecule has 0 aliphatic heterocycles. The van der Waals surface area contributed by atoms with Crippen LogP contribution in [0.1, 0.15) is 26.2 Å². The number of carboxylic acid groups (broad SMARTS) is 1. The molecule has 0 saturated heterocycles. The smallest absolute Gasteiger partial charge is 0.305 e. The van der Waals surface area contributed by atoms with Crippen molar-refractivity contribution in [2.75, 3.05) is 20.1 Å². The van der Waals surface area contributed by atoms with Crippen LogP contribution >= 0.6 is 0 Å². The molecule has 96 valence electrons. The van der Waals surface area contributed by atoms with E-state index in [4.69, 9.17) is 5.11 Å². The van der Waals surface area contributed by atoms with E-state index in [0.717, 1.165) is 0 Å². The fraction of sp³-hybridized carbons (Fsp3) is 0.727. The van der Waals surface area contributed by atoms with E-state index in [1.54, 1.807) is 6.92 Å². The van der Waals surface area contributed by atoms with Crippen molar-refractivity contribution in [3.05, 3.63) is 0 Å². The number of carboxylic acids is 1. The molecule has 0 atom stereocenters. The van der Waals surface area contributed by atoms with Gasteiger partial charge in [0.1, 0.15) is 5.41 Å². The summed E-state index contributed by atoms with van der Waals surface area (Å²) in [6, 6.07) is 0. The first-order chi connectivity index (χ1) is 7.97. The molecule has 1 aliphatic carbocycles. The lowest BCUT2D eigenvalue weighted by Crippen LogP contribution is -2.45. The Kier molecular flexibility index (Phi) is 4.09. The Hall–Kier alpha value is -1.59. The molecule has 0 aromatic carbocycles. The molecular formula is C11H18N2O4. The number of carbonyl (C=O) groups excluding carboxylic acids is 2. The number of nitrogens with zero attached hydrogens (tertiary/aromatic N) is 1. The quantitative estimate of drug-likeness (QED) is 0.633. The van der Waals surface area contributed by atoms with Crippen LogP contribution in [0, 0.1) is 5.41 Å². The fourth-order valence-electron chi connectivity index (χ4n) is 1.84. The lowest BCUT2D eigenvalue weighted by molar-refractivity contribution is -0.144. The van der Waals surface area contributed by atoms with Crippen molar-refractivity contribution in [2.24, 2.45) is 5.41 Å². The van der Waals surface area contributed by atoms with Crippen LogP contribution in [0.25, 0.3) is 0 Å². The molecule has 0 bridgehead atoms. The molecule has 1 aliphatic rings. The van der Waals surface area contributed by atoms with Crippen molar-refractivity contribution in [1.29, 1.82) is 0 Å². The molecule has 0 spiro atoms. The van der Waals surface area contributed by atoms with Gasteiger partial charge < -0.3 is 15.3 Å². The van der Waals surface area contributed by atoms with E-state index < -0.39 is 11.4 Å². The van der Waals surface area contributed by atoms with E-state index in [-0.39, 0.29) is 24.8 Å². The lowest BCUT2D eigenvalue weighted by Gasteiger charge is -2.24. The van der Waals surface area contributed by atoms with Gasteiger partial charge in [-0.3, -0.25) is 14.4 Å². The van der Waals surface area contributed by atoms with Crippen molar-refractivity contribution in [1.82, 2.24) is 10.2 Å². The van der Waals surface area contributed by atoms with Gasteiger partial charge in [-0.2, -0.15) is 0 Å². The minimum Gasteiger partial charge on any atom is -0.481 e. The molecule has 2 N–H and O–H groups in total. The van der Waals surface area contributed by atoms with E-state index in [0.29, 0.717) is 19.4 Å². The highest BCUT2D eigenvalue weighted by Crippen LogP contribution is 2.47. The summed E-state index contributed by atoms with van der Waals surface area (Å²) in [5, 5.41) is 11.1. The highest BCUT2D eigenvalue weighted by molar-refractivity contribution is 6.07. The molecule has 6 nitrogen and oxygen atoms in total. The average Bonchev–Trinajstić information content (AvgIpc) is 3.09. The van der Waals surface area contributed by atoms with Gasteiger partial charge in [0.2, 0.25) is 11.8 Å². The van der Waals surface area contributed by atoms with Gasteiger partial charge in [0.05, 0.1) is 6.42 Å². The molecule has 1 fully saturated rings. The summed E-state index contributed by atoms with van der Waals surface area (Å²) in [6.45, 7) is 2.36. The van der Waals surface area contributed by atoms with Crippen LogP contribution < -0.4 is 5.32 Å². The predicted molar refractivity (Wildman–Crippen MR) is 60.2 cm³/mol. The molecule has 0 heterocycles. The van der Waals surface area contributed by atoms with Crippen molar-refractivity contribution in [3.8, 4) is 0 Å². The summed E-state index contributed by atoms with van der Waals surface area (Å²) in [7, 11) is 1.50. The van der Waals surface area contributed by atoms with Crippen LogP contribution in [-0.4, -0.2) is 47.9 Å². The van der Waals surface area contributed by atoms with Gasteiger partial charge in [0, 0.05) is 20.1 Å². The Morgan fingerprint density at radius 1 is 1.35 bits per heavy atom. The third kappa shape index (κ3) is 2.75. The van der Waals surface area contributed by atoms with E-state index in [1.165, 1.54) is 11.9 Å². The Bertz CT molecular complexity index is 336. The van der Waals surface area contributed by atoms with Crippen LogP contribution in [0.2, 0.25) is 0 Å². The van der Waals surface area contributed by atoms with E-state index in [9.17, 15) is 14.4 Å². The zero-order chi connectivity index (χ0) is 13.1. The topological polar surface area (TPSA) is 86.7 Å². The third-order valence-corrected chi connectivity index (χ3v) is 3.09. The van der Waals surface area contributed by atoms with Crippen molar-refractivity contribution in [3.63, 3.8) is 0 Å². The molecule has 1 saturated carbocycles. The zero-order valence-electron chi connectivity index (χ0n) is 10.2. The molecular weight excluding hydrogens is 224 g/mol. The van der Waals surface area contributed by atoms with Gasteiger partial charge in [0.15, 0.2) is 0 Å². The Morgan fingerprint density at radius 3 is 2.29 bits per heavy atom. The first-order valence-electron chi connectivity index (χ1n) is 5.71.